The number of rotatable bonds is 4. The summed E-state index contributed by atoms with van der Waals surface area (Å²) in [4.78, 5) is 15.5. The lowest BCUT2D eigenvalue weighted by molar-refractivity contribution is 0.0620. The third-order valence-corrected chi connectivity index (χ3v) is 5.39. The molecule has 0 unspecified atom stereocenters. The Hall–Kier alpha value is -2.00. The van der Waals surface area contributed by atoms with E-state index in [2.05, 4.69) is 15.1 Å². The van der Waals surface area contributed by atoms with Crippen LogP contribution in [0, 0.1) is 0 Å². The van der Waals surface area contributed by atoms with Crippen LogP contribution in [-0.2, 0) is 18.3 Å². The Balaban J connectivity index is 1.37. The molecule has 8 nitrogen and oxygen atoms in total. The number of carbonyl (C=O) groups is 1. The highest BCUT2D eigenvalue weighted by molar-refractivity contribution is 7.99. The molecule has 2 aromatic heterocycles. The molecule has 0 radical (unpaired) electrons. The number of hydrogen-bond donors (Lipinski definition) is 0. The standard InChI is InChI=1S/C15H19N5O3S/c1-18-8-15(23-14(18)21)5-6-20(9-15)7-11-3-4-12(22-11)24-13-17-16-10-19(13)2/h3-4,10H,5-9H2,1-2H3/t15-/m1/s1. The summed E-state index contributed by atoms with van der Waals surface area (Å²) < 4.78 is 13.3. The van der Waals surface area contributed by atoms with Crippen molar-refractivity contribution in [2.75, 3.05) is 26.7 Å². The zero-order chi connectivity index (χ0) is 16.7. The Labute approximate surface area is 143 Å². The fraction of sp³-hybridized carbons (Fsp3) is 0.533. The van der Waals surface area contributed by atoms with Crippen molar-refractivity contribution in [2.45, 2.75) is 28.8 Å². The van der Waals surface area contributed by atoms with Crippen molar-refractivity contribution in [3.05, 3.63) is 24.2 Å². The number of aryl methyl sites for hydroxylation is 1. The first kappa shape index (κ1) is 15.5. The van der Waals surface area contributed by atoms with Gasteiger partial charge >= 0.3 is 6.09 Å². The van der Waals surface area contributed by atoms with Crippen LogP contribution in [0.1, 0.15) is 12.2 Å². The molecule has 9 heteroatoms. The second kappa shape index (κ2) is 5.82. The van der Waals surface area contributed by atoms with Gasteiger partial charge in [0.2, 0.25) is 0 Å². The van der Waals surface area contributed by atoms with Crippen molar-refractivity contribution < 1.29 is 13.9 Å². The summed E-state index contributed by atoms with van der Waals surface area (Å²) in [5.74, 6) is 0.898. The molecule has 4 heterocycles. The van der Waals surface area contributed by atoms with Gasteiger partial charge in [0.05, 0.1) is 13.1 Å². The van der Waals surface area contributed by atoms with Gasteiger partial charge in [0.25, 0.3) is 0 Å². The van der Waals surface area contributed by atoms with Crippen LogP contribution in [0.4, 0.5) is 4.79 Å². The summed E-state index contributed by atoms with van der Waals surface area (Å²) in [6.07, 6.45) is 2.30. The van der Waals surface area contributed by atoms with Crippen LogP contribution in [-0.4, -0.2) is 62.9 Å². The Kier molecular flexibility index (Phi) is 3.76. The largest absolute Gasteiger partial charge is 0.453 e. The molecular formula is C15H19N5O3S. The molecule has 2 aliphatic rings. The summed E-state index contributed by atoms with van der Waals surface area (Å²) in [6, 6.07) is 3.93. The first-order valence-corrected chi connectivity index (χ1v) is 8.62. The van der Waals surface area contributed by atoms with E-state index in [9.17, 15) is 4.79 Å². The molecule has 2 saturated heterocycles. The molecule has 0 bridgehead atoms. The Morgan fingerprint density at radius 1 is 1.33 bits per heavy atom. The van der Waals surface area contributed by atoms with Crippen LogP contribution >= 0.6 is 11.8 Å². The molecule has 2 aromatic rings. The molecule has 1 spiro atoms. The first-order valence-electron chi connectivity index (χ1n) is 7.80. The molecule has 0 N–H and O–H groups in total. The van der Waals surface area contributed by atoms with Crippen molar-refractivity contribution in [1.29, 1.82) is 0 Å². The lowest BCUT2D eigenvalue weighted by Gasteiger charge is -2.21. The normalized spacial score (nSPS) is 24.2. The number of nitrogens with zero attached hydrogens (tertiary/aromatic N) is 5. The maximum Gasteiger partial charge on any atom is 0.410 e. The number of carbonyl (C=O) groups excluding carboxylic acids is 1. The van der Waals surface area contributed by atoms with E-state index in [-0.39, 0.29) is 11.7 Å². The van der Waals surface area contributed by atoms with Crippen molar-refractivity contribution >= 4 is 17.9 Å². The molecule has 0 aromatic carbocycles. The number of likely N-dealkylation sites (N-methyl/N-ethyl adjacent to an activating group) is 1. The number of furan rings is 1. The fourth-order valence-electron chi connectivity index (χ4n) is 3.24. The minimum absolute atomic E-state index is 0.225. The third-order valence-electron chi connectivity index (χ3n) is 4.41. The number of aromatic nitrogens is 3. The van der Waals surface area contributed by atoms with Crippen LogP contribution in [0.2, 0.25) is 0 Å². The molecule has 2 fully saturated rings. The van der Waals surface area contributed by atoms with E-state index in [4.69, 9.17) is 9.15 Å². The number of likely N-dealkylation sites (tertiary alicyclic amines) is 1. The summed E-state index contributed by atoms with van der Waals surface area (Å²) in [7, 11) is 3.68. The quantitative estimate of drug-likeness (QED) is 0.829. The van der Waals surface area contributed by atoms with Gasteiger partial charge in [0.15, 0.2) is 10.2 Å². The average Bonchev–Trinajstić information content (AvgIpc) is 3.27. The second-order valence-electron chi connectivity index (χ2n) is 6.41. The first-order chi connectivity index (χ1) is 11.5. The van der Waals surface area contributed by atoms with E-state index in [0.717, 1.165) is 35.5 Å². The van der Waals surface area contributed by atoms with Gasteiger partial charge in [-0.2, -0.15) is 0 Å². The zero-order valence-electron chi connectivity index (χ0n) is 13.6. The number of ether oxygens (including phenoxy) is 1. The third kappa shape index (κ3) is 2.89. The maximum atomic E-state index is 11.6. The van der Waals surface area contributed by atoms with Gasteiger partial charge in [0, 0.05) is 33.6 Å². The van der Waals surface area contributed by atoms with Crippen LogP contribution in [0.3, 0.4) is 0 Å². The second-order valence-corrected chi connectivity index (χ2v) is 7.39. The van der Waals surface area contributed by atoms with Gasteiger partial charge in [-0.1, -0.05) is 0 Å². The number of hydrogen-bond acceptors (Lipinski definition) is 7. The van der Waals surface area contributed by atoms with Crippen LogP contribution < -0.4 is 0 Å². The average molecular weight is 349 g/mol. The maximum absolute atomic E-state index is 11.6. The minimum Gasteiger partial charge on any atom is -0.453 e. The predicted molar refractivity (Wildman–Crippen MR) is 85.6 cm³/mol. The smallest absolute Gasteiger partial charge is 0.410 e. The van der Waals surface area contributed by atoms with Gasteiger partial charge in [0.1, 0.15) is 17.7 Å². The van der Waals surface area contributed by atoms with Crippen LogP contribution in [0.25, 0.3) is 0 Å². The highest BCUT2D eigenvalue weighted by atomic mass is 32.2. The van der Waals surface area contributed by atoms with Crippen LogP contribution in [0.15, 0.2) is 33.1 Å². The van der Waals surface area contributed by atoms with Crippen LogP contribution in [0.5, 0.6) is 0 Å². The van der Waals surface area contributed by atoms with E-state index in [1.807, 2.05) is 23.7 Å². The van der Waals surface area contributed by atoms with Gasteiger partial charge in [-0.05, 0) is 23.9 Å². The highest BCUT2D eigenvalue weighted by Gasteiger charge is 2.48. The topological polar surface area (TPSA) is 76.6 Å². The molecular weight excluding hydrogens is 330 g/mol. The molecule has 1 amide bonds. The van der Waals surface area contributed by atoms with Gasteiger partial charge < -0.3 is 18.6 Å². The Morgan fingerprint density at radius 3 is 2.92 bits per heavy atom. The van der Waals surface area contributed by atoms with Gasteiger partial charge in [-0.15, -0.1) is 10.2 Å². The summed E-state index contributed by atoms with van der Waals surface area (Å²) in [5.41, 5.74) is -0.353. The monoisotopic (exact) mass is 349 g/mol. The van der Waals surface area contributed by atoms with E-state index in [0.29, 0.717) is 13.1 Å². The van der Waals surface area contributed by atoms with E-state index >= 15 is 0 Å². The highest BCUT2D eigenvalue weighted by Crippen LogP contribution is 2.33. The van der Waals surface area contributed by atoms with Crippen molar-refractivity contribution in [1.82, 2.24) is 24.6 Å². The van der Waals surface area contributed by atoms with E-state index < -0.39 is 0 Å². The Morgan fingerprint density at radius 2 is 2.21 bits per heavy atom. The lowest BCUT2D eigenvalue weighted by Crippen LogP contribution is -2.36. The summed E-state index contributed by atoms with van der Waals surface area (Å²) >= 11 is 1.45. The van der Waals surface area contributed by atoms with E-state index in [1.165, 1.54) is 11.8 Å². The summed E-state index contributed by atoms with van der Waals surface area (Å²) in [6.45, 7) is 3.01. The molecule has 2 aliphatic heterocycles. The van der Waals surface area contributed by atoms with Gasteiger partial charge in [-0.3, -0.25) is 4.90 Å². The molecule has 24 heavy (non-hydrogen) atoms. The van der Waals surface area contributed by atoms with Crippen molar-refractivity contribution in [2.24, 2.45) is 7.05 Å². The molecule has 0 aliphatic carbocycles. The Bertz CT molecular complexity index is 760. The lowest BCUT2D eigenvalue weighted by atomic mass is 10.0. The predicted octanol–water partition coefficient (Wildman–Crippen LogP) is 1.59. The fourth-order valence-corrected chi connectivity index (χ4v) is 3.98. The summed E-state index contributed by atoms with van der Waals surface area (Å²) in [5, 5.41) is 9.48. The SMILES string of the molecule is CN1C[C@@]2(CCN(Cc3ccc(Sc4nncn4C)o3)C2)OC1=O. The molecule has 128 valence electrons. The number of amides is 1. The molecule has 4 rings (SSSR count). The van der Waals surface area contributed by atoms with Gasteiger partial charge in [-0.25, -0.2) is 4.79 Å². The van der Waals surface area contributed by atoms with Crippen molar-refractivity contribution in [3.63, 3.8) is 0 Å². The minimum atomic E-state index is -0.353. The molecule has 1 atom stereocenters. The molecule has 0 saturated carbocycles. The van der Waals surface area contributed by atoms with E-state index in [1.54, 1.807) is 18.3 Å². The zero-order valence-corrected chi connectivity index (χ0v) is 14.5. The van der Waals surface area contributed by atoms with Crippen molar-refractivity contribution in [3.8, 4) is 0 Å².